The molecular weight excluding hydrogens is 244 g/mol. The van der Waals surface area contributed by atoms with Crippen LogP contribution in [0.4, 0.5) is 0 Å². The number of rotatable bonds is 3. The number of halogens is 1. The summed E-state index contributed by atoms with van der Waals surface area (Å²) in [5.41, 5.74) is 0. The summed E-state index contributed by atoms with van der Waals surface area (Å²) in [5, 5.41) is 2.96. The van der Waals surface area contributed by atoms with E-state index >= 15 is 0 Å². The van der Waals surface area contributed by atoms with E-state index in [-0.39, 0.29) is 5.91 Å². The zero-order valence-electron chi connectivity index (χ0n) is 8.55. The molecule has 0 unspecified atom stereocenters. The average molecular weight is 261 g/mol. The largest absolute Gasteiger partial charge is 0.354 e. The number of hydrogen-bond acceptors (Lipinski definition) is 2. The van der Waals surface area contributed by atoms with Crippen molar-refractivity contribution in [2.45, 2.75) is 25.8 Å². The maximum absolute atomic E-state index is 10.8. The van der Waals surface area contributed by atoms with Crippen LogP contribution in [0.1, 0.15) is 19.8 Å². The standard InChI is InChI=1S/C10H17BrN2O/c1-8(11)7-13-5-3-10(4-6-13)12-9(2)14/h10H,1,3-7H2,2H3,(H,12,14). The van der Waals surface area contributed by atoms with Crippen molar-refractivity contribution in [2.24, 2.45) is 0 Å². The zero-order valence-corrected chi connectivity index (χ0v) is 10.1. The fraction of sp³-hybridized carbons (Fsp3) is 0.700. The second-order valence-electron chi connectivity index (χ2n) is 3.77. The van der Waals surface area contributed by atoms with Crippen molar-refractivity contribution in [3.05, 3.63) is 11.1 Å². The first-order chi connectivity index (χ1) is 6.58. The van der Waals surface area contributed by atoms with Crippen molar-refractivity contribution in [2.75, 3.05) is 19.6 Å². The second-order valence-corrected chi connectivity index (χ2v) is 4.89. The maximum atomic E-state index is 10.8. The first-order valence-corrected chi connectivity index (χ1v) is 5.70. The van der Waals surface area contributed by atoms with Crippen molar-refractivity contribution in [3.8, 4) is 0 Å². The summed E-state index contributed by atoms with van der Waals surface area (Å²) in [6.07, 6.45) is 2.08. The van der Waals surface area contributed by atoms with Gasteiger partial charge in [0.15, 0.2) is 0 Å². The molecule has 4 heteroatoms. The van der Waals surface area contributed by atoms with Gasteiger partial charge in [-0.3, -0.25) is 9.69 Å². The van der Waals surface area contributed by atoms with Crippen LogP contribution in [0.15, 0.2) is 11.1 Å². The van der Waals surface area contributed by atoms with Gasteiger partial charge in [-0.25, -0.2) is 0 Å². The van der Waals surface area contributed by atoms with E-state index in [4.69, 9.17) is 0 Å². The number of nitrogens with zero attached hydrogens (tertiary/aromatic N) is 1. The Hall–Kier alpha value is -0.350. The molecule has 1 fully saturated rings. The van der Waals surface area contributed by atoms with Crippen LogP contribution in [0.3, 0.4) is 0 Å². The quantitative estimate of drug-likeness (QED) is 0.835. The van der Waals surface area contributed by atoms with Crippen LogP contribution >= 0.6 is 15.9 Å². The lowest BCUT2D eigenvalue weighted by Gasteiger charge is -2.31. The Morgan fingerprint density at radius 1 is 1.57 bits per heavy atom. The SMILES string of the molecule is C=C(Br)CN1CCC(NC(C)=O)CC1. The highest BCUT2D eigenvalue weighted by molar-refractivity contribution is 9.11. The third kappa shape index (κ3) is 4.24. The predicted molar refractivity (Wildman–Crippen MR) is 61.3 cm³/mol. The van der Waals surface area contributed by atoms with E-state index in [1.807, 2.05) is 0 Å². The number of carbonyl (C=O) groups is 1. The molecule has 1 aliphatic rings. The van der Waals surface area contributed by atoms with Crippen molar-refractivity contribution in [3.63, 3.8) is 0 Å². The Morgan fingerprint density at radius 2 is 2.14 bits per heavy atom. The van der Waals surface area contributed by atoms with E-state index in [1.54, 1.807) is 6.92 Å². The number of likely N-dealkylation sites (tertiary alicyclic amines) is 1. The Morgan fingerprint density at radius 3 is 2.57 bits per heavy atom. The van der Waals surface area contributed by atoms with Gasteiger partial charge in [0, 0.05) is 37.1 Å². The molecule has 1 heterocycles. The highest BCUT2D eigenvalue weighted by Gasteiger charge is 2.19. The molecule has 0 atom stereocenters. The molecule has 1 aliphatic heterocycles. The van der Waals surface area contributed by atoms with E-state index in [0.717, 1.165) is 37.0 Å². The predicted octanol–water partition coefficient (Wildman–Crippen LogP) is 1.50. The Kier molecular flexibility index (Phi) is 4.62. The Labute approximate surface area is 93.7 Å². The molecule has 0 aromatic carbocycles. The highest BCUT2D eigenvalue weighted by Crippen LogP contribution is 2.13. The Balaban J connectivity index is 2.24. The molecule has 1 N–H and O–H groups in total. The van der Waals surface area contributed by atoms with Gasteiger partial charge in [0.1, 0.15) is 0 Å². The van der Waals surface area contributed by atoms with Gasteiger partial charge in [0.2, 0.25) is 5.91 Å². The lowest BCUT2D eigenvalue weighted by atomic mass is 10.1. The van der Waals surface area contributed by atoms with Gasteiger partial charge >= 0.3 is 0 Å². The van der Waals surface area contributed by atoms with Crippen LogP contribution in [0.25, 0.3) is 0 Å². The molecule has 80 valence electrons. The third-order valence-corrected chi connectivity index (χ3v) is 2.64. The summed E-state index contributed by atoms with van der Waals surface area (Å²) in [6.45, 7) is 8.38. The molecule has 0 radical (unpaired) electrons. The number of carbonyl (C=O) groups excluding carboxylic acids is 1. The molecule has 1 rings (SSSR count). The lowest BCUT2D eigenvalue weighted by molar-refractivity contribution is -0.119. The minimum atomic E-state index is 0.0772. The molecule has 0 spiro atoms. The minimum absolute atomic E-state index is 0.0772. The smallest absolute Gasteiger partial charge is 0.217 e. The van der Waals surface area contributed by atoms with Crippen molar-refractivity contribution in [1.82, 2.24) is 10.2 Å². The molecule has 0 bridgehead atoms. The van der Waals surface area contributed by atoms with E-state index in [9.17, 15) is 4.79 Å². The fourth-order valence-electron chi connectivity index (χ4n) is 1.77. The van der Waals surface area contributed by atoms with Gasteiger partial charge in [-0.05, 0) is 12.8 Å². The molecule has 3 nitrogen and oxygen atoms in total. The summed E-state index contributed by atoms with van der Waals surface area (Å²) >= 11 is 3.36. The summed E-state index contributed by atoms with van der Waals surface area (Å²) in [7, 11) is 0. The molecule has 0 aliphatic carbocycles. The van der Waals surface area contributed by atoms with Crippen LogP contribution in [-0.4, -0.2) is 36.5 Å². The Bertz CT molecular complexity index is 198. The molecular formula is C10H17BrN2O. The van der Waals surface area contributed by atoms with E-state index in [1.165, 1.54) is 0 Å². The van der Waals surface area contributed by atoms with Crippen LogP contribution in [0, 0.1) is 0 Å². The van der Waals surface area contributed by atoms with Crippen LogP contribution in [0.5, 0.6) is 0 Å². The van der Waals surface area contributed by atoms with Crippen LogP contribution < -0.4 is 5.32 Å². The van der Waals surface area contributed by atoms with E-state index in [2.05, 4.69) is 32.7 Å². The number of hydrogen-bond donors (Lipinski definition) is 1. The highest BCUT2D eigenvalue weighted by atomic mass is 79.9. The molecule has 14 heavy (non-hydrogen) atoms. The van der Waals surface area contributed by atoms with Crippen molar-refractivity contribution in [1.29, 1.82) is 0 Å². The van der Waals surface area contributed by atoms with Crippen molar-refractivity contribution < 1.29 is 4.79 Å². The fourth-order valence-corrected chi connectivity index (χ4v) is 2.12. The average Bonchev–Trinajstić information content (AvgIpc) is 2.06. The summed E-state index contributed by atoms with van der Waals surface area (Å²) in [4.78, 5) is 13.2. The topological polar surface area (TPSA) is 32.3 Å². The minimum Gasteiger partial charge on any atom is -0.354 e. The second kappa shape index (κ2) is 5.51. The van der Waals surface area contributed by atoms with Gasteiger partial charge < -0.3 is 5.32 Å². The third-order valence-electron chi connectivity index (χ3n) is 2.39. The van der Waals surface area contributed by atoms with Crippen molar-refractivity contribution >= 4 is 21.8 Å². The zero-order chi connectivity index (χ0) is 10.6. The number of amides is 1. The molecule has 1 amide bonds. The van der Waals surface area contributed by atoms with Gasteiger partial charge in [0.25, 0.3) is 0 Å². The lowest BCUT2D eigenvalue weighted by Crippen LogP contribution is -2.44. The normalized spacial score (nSPS) is 19.3. The van der Waals surface area contributed by atoms with E-state index < -0.39 is 0 Å². The first-order valence-electron chi connectivity index (χ1n) is 4.90. The van der Waals surface area contributed by atoms with Crippen LogP contribution in [0.2, 0.25) is 0 Å². The van der Waals surface area contributed by atoms with Crippen LogP contribution in [-0.2, 0) is 4.79 Å². The molecule has 0 saturated carbocycles. The summed E-state index contributed by atoms with van der Waals surface area (Å²) in [6, 6.07) is 0.368. The van der Waals surface area contributed by atoms with Gasteiger partial charge in [-0.15, -0.1) is 0 Å². The van der Waals surface area contributed by atoms with Gasteiger partial charge in [-0.1, -0.05) is 22.5 Å². The molecule has 1 saturated heterocycles. The first kappa shape index (κ1) is 11.7. The van der Waals surface area contributed by atoms with Gasteiger partial charge in [-0.2, -0.15) is 0 Å². The summed E-state index contributed by atoms with van der Waals surface area (Å²) < 4.78 is 1.02. The summed E-state index contributed by atoms with van der Waals surface area (Å²) in [5.74, 6) is 0.0772. The maximum Gasteiger partial charge on any atom is 0.217 e. The van der Waals surface area contributed by atoms with E-state index in [0.29, 0.717) is 6.04 Å². The van der Waals surface area contributed by atoms with Gasteiger partial charge in [0.05, 0.1) is 0 Å². The molecule has 0 aromatic rings. The monoisotopic (exact) mass is 260 g/mol. The number of piperidine rings is 1. The number of nitrogens with one attached hydrogen (secondary N) is 1. The molecule has 0 aromatic heterocycles.